The van der Waals surface area contributed by atoms with E-state index >= 15 is 0 Å². The van der Waals surface area contributed by atoms with Gasteiger partial charge in [-0.1, -0.05) is 12.1 Å². The minimum Gasteiger partial charge on any atom is -0.494 e. The van der Waals surface area contributed by atoms with Gasteiger partial charge in [0.1, 0.15) is 10.8 Å². The van der Waals surface area contributed by atoms with Crippen LogP contribution in [0.2, 0.25) is 0 Å². The van der Waals surface area contributed by atoms with Crippen LogP contribution in [0.1, 0.15) is 5.69 Å². The first kappa shape index (κ1) is 19.4. The third kappa shape index (κ3) is 4.68. The van der Waals surface area contributed by atoms with E-state index in [0.717, 1.165) is 6.07 Å². The second-order valence-corrected chi connectivity index (χ2v) is 8.22. The normalized spacial score (nSPS) is 11.5. The molecule has 0 aliphatic rings. The summed E-state index contributed by atoms with van der Waals surface area (Å²) in [6.07, 6.45) is 0.351. The Morgan fingerprint density at radius 3 is 2.70 bits per heavy atom. The van der Waals surface area contributed by atoms with Crippen molar-refractivity contribution < 1.29 is 21.9 Å². The average Bonchev–Trinajstić information content (AvgIpc) is 3.10. The van der Waals surface area contributed by atoms with Crippen molar-refractivity contribution in [3.63, 3.8) is 0 Å². The first-order chi connectivity index (χ1) is 12.9. The van der Waals surface area contributed by atoms with E-state index in [4.69, 9.17) is 4.74 Å². The Kier molecular flexibility index (Phi) is 5.83. The highest BCUT2D eigenvalue weighted by atomic mass is 32.2. The second-order valence-electron chi connectivity index (χ2n) is 5.60. The molecular formula is C18H16F2N2O3S2. The zero-order valence-corrected chi connectivity index (χ0v) is 15.9. The third-order valence-electron chi connectivity index (χ3n) is 3.73. The number of hydrogen-bond donors (Lipinski definition) is 1. The first-order valence-corrected chi connectivity index (χ1v) is 10.3. The summed E-state index contributed by atoms with van der Waals surface area (Å²) in [6.45, 7) is 0.0995. The van der Waals surface area contributed by atoms with Gasteiger partial charge in [-0.3, -0.25) is 0 Å². The van der Waals surface area contributed by atoms with E-state index in [1.807, 2.05) is 0 Å². The molecule has 0 amide bonds. The van der Waals surface area contributed by atoms with Gasteiger partial charge in [-0.15, -0.1) is 11.3 Å². The standard InChI is InChI=1S/C18H16F2N2O3S2/c1-25-17-6-5-15(10-16(17)20)27(23,24)21-8-7-14-11-26-18(22-14)12-3-2-4-13(19)9-12/h2-6,9-11,21H,7-8H2,1H3. The fourth-order valence-electron chi connectivity index (χ4n) is 2.39. The van der Waals surface area contributed by atoms with Crippen LogP contribution in [0.4, 0.5) is 8.78 Å². The van der Waals surface area contributed by atoms with Gasteiger partial charge in [0.15, 0.2) is 11.6 Å². The molecule has 0 bridgehead atoms. The van der Waals surface area contributed by atoms with E-state index < -0.39 is 15.8 Å². The van der Waals surface area contributed by atoms with Crippen LogP contribution in [0.3, 0.4) is 0 Å². The highest BCUT2D eigenvalue weighted by Gasteiger charge is 2.16. The van der Waals surface area contributed by atoms with Gasteiger partial charge in [-0.2, -0.15) is 0 Å². The molecule has 0 spiro atoms. The largest absolute Gasteiger partial charge is 0.494 e. The van der Waals surface area contributed by atoms with Crippen molar-refractivity contribution in [2.75, 3.05) is 13.7 Å². The van der Waals surface area contributed by atoms with Crippen LogP contribution < -0.4 is 9.46 Å². The van der Waals surface area contributed by atoms with Crippen molar-refractivity contribution in [3.8, 4) is 16.3 Å². The molecule has 0 atom stereocenters. The highest BCUT2D eigenvalue weighted by molar-refractivity contribution is 7.89. The lowest BCUT2D eigenvalue weighted by Gasteiger charge is -2.08. The Balaban J connectivity index is 1.63. The summed E-state index contributed by atoms with van der Waals surface area (Å²) in [5, 5.41) is 2.45. The minimum atomic E-state index is -3.85. The molecule has 2 aromatic carbocycles. The lowest BCUT2D eigenvalue weighted by atomic mass is 10.2. The Morgan fingerprint density at radius 1 is 1.19 bits per heavy atom. The number of ether oxygens (including phenoxy) is 1. The third-order valence-corrected chi connectivity index (χ3v) is 6.13. The van der Waals surface area contributed by atoms with Gasteiger partial charge in [0.05, 0.1) is 17.7 Å². The topological polar surface area (TPSA) is 68.3 Å². The van der Waals surface area contributed by atoms with E-state index in [-0.39, 0.29) is 23.0 Å². The van der Waals surface area contributed by atoms with E-state index in [1.165, 1.54) is 42.7 Å². The lowest BCUT2D eigenvalue weighted by Crippen LogP contribution is -2.26. The first-order valence-electron chi connectivity index (χ1n) is 7.92. The molecule has 142 valence electrons. The number of benzene rings is 2. The van der Waals surface area contributed by atoms with E-state index in [1.54, 1.807) is 17.5 Å². The van der Waals surface area contributed by atoms with E-state index in [0.29, 0.717) is 22.7 Å². The SMILES string of the molecule is COc1ccc(S(=O)(=O)NCCc2csc(-c3cccc(F)c3)n2)cc1F. The number of methoxy groups -OCH3 is 1. The van der Waals surface area contributed by atoms with Crippen molar-refractivity contribution in [1.82, 2.24) is 9.71 Å². The quantitative estimate of drug-likeness (QED) is 0.646. The van der Waals surface area contributed by atoms with Gasteiger partial charge in [0.2, 0.25) is 10.0 Å². The molecule has 1 heterocycles. The van der Waals surface area contributed by atoms with E-state index in [2.05, 4.69) is 9.71 Å². The molecule has 3 aromatic rings. The van der Waals surface area contributed by atoms with Crippen molar-refractivity contribution in [1.29, 1.82) is 0 Å². The zero-order chi connectivity index (χ0) is 19.4. The summed E-state index contributed by atoms with van der Waals surface area (Å²) in [5.41, 5.74) is 1.35. The Morgan fingerprint density at radius 2 is 2.00 bits per heavy atom. The molecule has 0 radical (unpaired) electrons. The monoisotopic (exact) mass is 410 g/mol. The maximum Gasteiger partial charge on any atom is 0.240 e. The second kappa shape index (κ2) is 8.12. The number of halogens is 2. The molecule has 1 N–H and O–H groups in total. The Hall–Kier alpha value is -2.36. The number of sulfonamides is 1. The Bertz CT molecular complexity index is 1050. The summed E-state index contributed by atoms with van der Waals surface area (Å²) in [5.74, 6) is -1.12. The lowest BCUT2D eigenvalue weighted by molar-refractivity contribution is 0.385. The van der Waals surface area contributed by atoms with Gasteiger partial charge in [0.25, 0.3) is 0 Å². The number of thiazole rings is 1. The highest BCUT2D eigenvalue weighted by Crippen LogP contribution is 2.24. The summed E-state index contributed by atoms with van der Waals surface area (Å²) in [4.78, 5) is 4.21. The molecule has 0 aliphatic heterocycles. The van der Waals surface area contributed by atoms with Crippen molar-refractivity contribution >= 4 is 21.4 Å². The predicted octanol–water partition coefficient (Wildman–Crippen LogP) is 3.62. The smallest absolute Gasteiger partial charge is 0.240 e. The van der Waals surface area contributed by atoms with Gasteiger partial charge in [-0.05, 0) is 30.3 Å². The number of aromatic nitrogens is 1. The zero-order valence-electron chi connectivity index (χ0n) is 14.3. The average molecular weight is 410 g/mol. The van der Waals surface area contributed by atoms with Crippen LogP contribution >= 0.6 is 11.3 Å². The predicted molar refractivity (Wildman–Crippen MR) is 99.4 cm³/mol. The van der Waals surface area contributed by atoms with Crippen LogP contribution in [0.25, 0.3) is 10.6 Å². The molecule has 5 nitrogen and oxygen atoms in total. The number of nitrogens with one attached hydrogen (secondary N) is 1. The van der Waals surface area contributed by atoms with Crippen molar-refractivity contribution in [2.24, 2.45) is 0 Å². The molecule has 3 rings (SSSR count). The molecule has 0 saturated heterocycles. The van der Waals surface area contributed by atoms with Crippen LogP contribution in [0.15, 0.2) is 52.7 Å². The van der Waals surface area contributed by atoms with Gasteiger partial charge < -0.3 is 4.74 Å². The van der Waals surface area contributed by atoms with Crippen molar-refractivity contribution in [3.05, 3.63) is 65.2 Å². The van der Waals surface area contributed by atoms with Crippen LogP contribution in [-0.4, -0.2) is 27.1 Å². The molecule has 9 heteroatoms. The van der Waals surface area contributed by atoms with Gasteiger partial charge >= 0.3 is 0 Å². The summed E-state index contributed by atoms with van der Waals surface area (Å²) in [6, 6.07) is 9.55. The maximum absolute atomic E-state index is 13.7. The molecule has 27 heavy (non-hydrogen) atoms. The molecule has 1 aromatic heterocycles. The summed E-state index contributed by atoms with van der Waals surface area (Å²) in [7, 11) is -2.55. The van der Waals surface area contributed by atoms with E-state index in [9.17, 15) is 17.2 Å². The number of nitrogens with zero attached hydrogens (tertiary/aromatic N) is 1. The van der Waals surface area contributed by atoms with Crippen LogP contribution in [0, 0.1) is 11.6 Å². The van der Waals surface area contributed by atoms with Crippen LogP contribution in [-0.2, 0) is 16.4 Å². The summed E-state index contributed by atoms with van der Waals surface area (Å²) >= 11 is 1.35. The van der Waals surface area contributed by atoms with Crippen LogP contribution in [0.5, 0.6) is 5.75 Å². The minimum absolute atomic E-state index is 0.0266. The number of rotatable bonds is 7. The van der Waals surface area contributed by atoms with Gasteiger partial charge in [0, 0.05) is 23.9 Å². The maximum atomic E-state index is 13.7. The van der Waals surface area contributed by atoms with Gasteiger partial charge in [-0.25, -0.2) is 26.9 Å². The fourth-order valence-corrected chi connectivity index (χ4v) is 4.28. The number of hydrogen-bond acceptors (Lipinski definition) is 5. The molecule has 0 unspecified atom stereocenters. The Labute approximate surface area is 159 Å². The molecule has 0 fully saturated rings. The fraction of sp³-hybridized carbons (Fsp3) is 0.167. The molecule has 0 aliphatic carbocycles. The van der Waals surface area contributed by atoms with Crippen molar-refractivity contribution in [2.45, 2.75) is 11.3 Å². The summed E-state index contributed by atoms with van der Waals surface area (Å²) < 4.78 is 58.7. The molecule has 0 saturated carbocycles. The molecular weight excluding hydrogens is 394 g/mol.